The van der Waals surface area contributed by atoms with E-state index in [1.165, 1.54) is 24.3 Å². The van der Waals surface area contributed by atoms with Crippen molar-refractivity contribution >= 4 is 47.2 Å². The summed E-state index contributed by atoms with van der Waals surface area (Å²) in [6, 6.07) is 5.36. The molecule has 2 atom stereocenters. The number of hydrogen-bond acceptors (Lipinski definition) is 5. The second-order valence-corrected chi connectivity index (χ2v) is 10.1. The molecule has 2 saturated heterocycles. The Kier molecular flexibility index (Phi) is 10.1. The maximum absolute atomic E-state index is 12.1. The van der Waals surface area contributed by atoms with Crippen LogP contribution in [0.15, 0.2) is 22.5 Å². The zero-order valence-electron chi connectivity index (χ0n) is 19.5. The molecule has 7 nitrogen and oxygen atoms in total. The standard InChI is InChI=1S/C23H38N6OS.HI/c1-3-24-23(29-13-11-28(12-14-29)17-21(30)26-19-8-9-19)25-16-18-6-4-10-27(2)22(18)20-7-5-15-31-20;/h5,7,15,18-19,22H,3-4,6,8-14,16-17H2,1-2H3,(H,24,25)(H,26,30);1H. The van der Waals surface area contributed by atoms with Gasteiger partial charge in [-0.3, -0.25) is 19.6 Å². The Morgan fingerprint density at radius 1 is 1.19 bits per heavy atom. The molecule has 1 saturated carbocycles. The Balaban J connectivity index is 0.00000289. The molecule has 1 aromatic rings. The van der Waals surface area contributed by atoms with Gasteiger partial charge in [-0.1, -0.05) is 6.07 Å². The van der Waals surface area contributed by atoms with Crippen LogP contribution in [0.1, 0.15) is 43.5 Å². The number of carbonyl (C=O) groups excluding carboxylic acids is 1. The van der Waals surface area contributed by atoms with E-state index in [4.69, 9.17) is 4.99 Å². The SMILES string of the molecule is CCNC(=NCC1CCCN(C)C1c1cccs1)N1CCN(CC(=O)NC2CC2)CC1.I. The maximum Gasteiger partial charge on any atom is 0.234 e. The largest absolute Gasteiger partial charge is 0.357 e. The van der Waals surface area contributed by atoms with Gasteiger partial charge in [-0.2, -0.15) is 0 Å². The Morgan fingerprint density at radius 2 is 1.97 bits per heavy atom. The molecule has 32 heavy (non-hydrogen) atoms. The third-order valence-corrected chi connectivity index (χ3v) is 7.58. The minimum Gasteiger partial charge on any atom is -0.357 e. The van der Waals surface area contributed by atoms with Crippen LogP contribution >= 0.6 is 35.3 Å². The summed E-state index contributed by atoms with van der Waals surface area (Å²) in [6.07, 6.45) is 4.77. The van der Waals surface area contributed by atoms with Crippen molar-refractivity contribution in [3.05, 3.63) is 22.4 Å². The molecular weight excluding hydrogens is 535 g/mol. The van der Waals surface area contributed by atoms with Gasteiger partial charge in [-0.05, 0) is 63.6 Å². The van der Waals surface area contributed by atoms with E-state index in [9.17, 15) is 4.79 Å². The molecule has 0 aromatic carbocycles. The highest BCUT2D eigenvalue weighted by Crippen LogP contribution is 2.37. The number of aliphatic imine (C=N–C) groups is 1. The van der Waals surface area contributed by atoms with Crippen molar-refractivity contribution in [3.8, 4) is 0 Å². The highest BCUT2D eigenvalue weighted by atomic mass is 127. The number of halogens is 1. The first-order valence-corrected chi connectivity index (χ1v) is 12.8. The fourth-order valence-corrected chi connectivity index (χ4v) is 5.79. The van der Waals surface area contributed by atoms with Crippen LogP contribution in [0.25, 0.3) is 0 Å². The second-order valence-electron chi connectivity index (χ2n) is 9.14. The van der Waals surface area contributed by atoms with E-state index in [1.807, 2.05) is 11.3 Å². The van der Waals surface area contributed by atoms with Crippen LogP contribution in [0.2, 0.25) is 0 Å². The van der Waals surface area contributed by atoms with Gasteiger partial charge in [0.15, 0.2) is 5.96 Å². The number of nitrogens with zero attached hydrogens (tertiary/aromatic N) is 4. The lowest BCUT2D eigenvalue weighted by atomic mass is 9.88. The Bertz CT molecular complexity index is 733. The van der Waals surface area contributed by atoms with Gasteiger partial charge in [0.1, 0.15) is 0 Å². The van der Waals surface area contributed by atoms with Gasteiger partial charge < -0.3 is 15.5 Å². The summed E-state index contributed by atoms with van der Waals surface area (Å²) in [5, 5.41) is 8.79. The number of piperidine rings is 1. The summed E-state index contributed by atoms with van der Waals surface area (Å²) in [5.74, 6) is 1.76. The number of hydrogen-bond donors (Lipinski definition) is 2. The van der Waals surface area contributed by atoms with E-state index in [0.717, 1.165) is 58.1 Å². The fraction of sp³-hybridized carbons (Fsp3) is 0.739. The molecule has 1 amide bonds. The van der Waals surface area contributed by atoms with Gasteiger partial charge >= 0.3 is 0 Å². The summed E-state index contributed by atoms with van der Waals surface area (Å²) in [5.41, 5.74) is 0. The minimum absolute atomic E-state index is 0. The third kappa shape index (κ3) is 7.04. The minimum atomic E-state index is 0. The molecule has 3 fully saturated rings. The monoisotopic (exact) mass is 574 g/mol. The summed E-state index contributed by atoms with van der Waals surface area (Å²) in [7, 11) is 2.25. The van der Waals surface area contributed by atoms with Crippen molar-refractivity contribution in [2.75, 3.05) is 59.4 Å². The van der Waals surface area contributed by atoms with Crippen molar-refractivity contribution < 1.29 is 4.79 Å². The van der Waals surface area contributed by atoms with Crippen LogP contribution in [0, 0.1) is 5.92 Å². The quantitative estimate of drug-likeness (QED) is 0.298. The molecule has 2 unspecified atom stereocenters. The Labute approximate surface area is 214 Å². The van der Waals surface area contributed by atoms with E-state index < -0.39 is 0 Å². The van der Waals surface area contributed by atoms with E-state index >= 15 is 0 Å². The average Bonchev–Trinajstić information content (AvgIpc) is 3.41. The smallest absolute Gasteiger partial charge is 0.234 e. The maximum atomic E-state index is 12.1. The van der Waals surface area contributed by atoms with Crippen molar-refractivity contribution in [2.45, 2.75) is 44.7 Å². The molecule has 4 rings (SSSR count). The number of carbonyl (C=O) groups is 1. The van der Waals surface area contributed by atoms with Gasteiger partial charge in [-0.15, -0.1) is 35.3 Å². The van der Waals surface area contributed by atoms with E-state index in [-0.39, 0.29) is 29.9 Å². The zero-order chi connectivity index (χ0) is 21.6. The van der Waals surface area contributed by atoms with Crippen LogP contribution in [0.4, 0.5) is 0 Å². The number of likely N-dealkylation sites (tertiary alicyclic amines) is 1. The molecule has 2 aliphatic heterocycles. The van der Waals surface area contributed by atoms with Crippen molar-refractivity contribution in [1.29, 1.82) is 0 Å². The van der Waals surface area contributed by atoms with Crippen LogP contribution in [-0.4, -0.2) is 92.0 Å². The summed E-state index contributed by atoms with van der Waals surface area (Å²) in [6.45, 7) is 9.22. The predicted molar refractivity (Wildman–Crippen MR) is 143 cm³/mol. The molecular formula is C23H39IN6OS. The topological polar surface area (TPSA) is 63.2 Å². The molecule has 0 spiro atoms. The summed E-state index contributed by atoms with van der Waals surface area (Å²) in [4.78, 5) is 25.8. The van der Waals surface area contributed by atoms with Gasteiger partial charge in [0.05, 0.1) is 6.54 Å². The number of rotatable bonds is 7. The highest BCUT2D eigenvalue weighted by Gasteiger charge is 2.31. The lowest BCUT2D eigenvalue weighted by Gasteiger charge is -2.39. The van der Waals surface area contributed by atoms with Crippen LogP contribution < -0.4 is 10.6 Å². The van der Waals surface area contributed by atoms with Crippen LogP contribution in [0.3, 0.4) is 0 Å². The number of piperazine rings is 1. The van der Waals surface area contributed by atoms with E-state index in [2.05, 4.69) is 56.8 Å². The number of nitrogens with one attached hydrogen (secondary N) is 2. The molecule has 9 heteroatoms. The van der Waals surface area contributed by atoms with E-state index in [1.54, 1.807) is 0 Å². The molecule has 180 valence electrons. The van der Waals surface area contributed by atoms with Crippen molar-refractivity contribution in [1.82, 2.24) is 25.3 Å². The van der Waals surface area contributed by atoms with E-state index in [0.29, 0.717) is 24.5 Å². The first-order chi connectivity index (χ1) is 15.1. The second kappa shape index (κ2) is 12.5. The Hall–Kier alpha value is -0.910. The predicted octanol–water partition coefficient (Wildman–Crippen LogP) is 2.61. The fourth-order valence-electron chi connectivity index (χ4n) is 4.81. The van der Waals surface area contributed by atoms with Crippen LogP contribution in [-0.2, 0) is 4.79 Å². The van der Waals surface area contributed by atoms with Crippen LogP contribution in [0.5, 0.6) is 0 Å². The Morgan fingerprint density at radius 3 is 2.62 bits per heavy atom. The van der Waals surface area contributed by atoms with Gasteiger partial charge in [0.25, 0.3) is 0 Å². The normalized spacial score (nSPS) is 25.3. The molecule has 3 heterocycles. The lowest BCUT2D eigenvalue weighted by Crippen LogP contribution is -2.54. The molecule has 3 aliphatic rings. The van der Waals surface area contributed by atoms with Gasteiger partial charge in [0, 0.05) is 56.2 Å². The third-order valence-electron chi connectivity index (χ3n) is 6.63. The lowest BCUT2D eigenvalue weighted by molar-refractivity contribution is -0.122. The summed E-state index contributed by atoms with van der Waals surface area (Å²) < 4.78 is 0. The molecule has 0 bridgehead atoms. The first kappa shape index (κ1) is 25.7. The zero-order valence-corrected chi connectivity index (χ0v) is 22.6. The van der Waals surface area contributed by atoms with Gasteiger partial charge in [0.2, 0.25) is 5.91 Å². The van der Waals surface area contributed by atoms with Gasteiger partial charge in [-0.25, -0.2) is 0 Å². The number of amides is 1. The first-order valence-electron chi connectivity index (χ1n) is 11.9. The molecule has 1 aromatic heterocycles. The molecule has 2 N–H and O–H groups in total. The highest BCUT2D eigenvalue weighted by molar-refractivity contribution is 14.0. The average molecular weight is 575 g/mol. The van der Waals surface area contributed by atoms with Crippen molar-refractivity contribution in [3.63, 3.8) is 0 Å². The molecule has 1 aliphatic carbocycles. The van der Waals surface area contributed by atoms with Crippen molar-refractivity contribution in [2.24, 2.45) is 10.9 Å². The number of guanidine groups is 1. The molecule has 0 radical (unpaired) electrons. The summed E-state index contributed by atoms with van der Waals surface area (Å²) >= 11 is 1.87. The number of thiophene rings is 1.